The van der Waals surface area contributed by atoms with Crippen LogP contribution in [0, 0.1) is 0 Å². The van der Waals surface area contributed by atoms with Crippen molar-refractivity contribution in [2.24, 2.45) is 5.73 Å². The highest BCUT2D eigenvalue weighted by Gasteiger charge is 2.30. The summed E-state index contributed by atoms with van der Waals surface area (Å²) in [7, 11) is 0. The number of likely N-dealkylation sites (tertiary alicyclic amines) is 1. The Morgan fingerprint density at radius 1 is 1.21 bits per heavy atom. The van der Waals surface area contributed by atoms with E-state index in [1.807, 2.05) is 0 Å². The first-order chi connectivity index (χ1) is 8.91. The van der Waals surface area contributed by atoms with Gasteiger partial charge in [-0.25, -0.2) is 0 Å². The van der Waals surface area contributed by atoms with E-state index >= 15 is 0 Å². The summed E-state index contributed by atoms with van der Waals surface area (Å²) in [5.41, 5.74) is 5.58. The first-order valence-electron chi connectivity index (χ1n) is 6.41. The van der Waals surface area contributed by atoms with Crippen molar-refractivity contribution in [3.63, 3.8) is 0 Å². The van der Waals surface area contributed by atoms with Gasteiger partial charge >= 0.3 is 11.9 Å². The molecule has 7 nitrogen and oxygen atoms in total. The van der Waals surface area contributed by atoms with Gasteiger partial charge in [0.15, 0.2) is 0 Å². The largest absolute Gasteiger partial charge is 0.481 e. The van der Waals surface area contributed by atoms with Crippen molar-refractivity contribution in [1.82, 2.24) is 4.90 Å². The minimum atomic E-state index is -1.11. The summed E-state index contributed by atoms with van der Waals surface area (Å²) >= 11 is 0. The van der Waals surface area contributed by atoms with E-state index in [-0.39, 0.29) is 12.5 Å². The molecule has 0 bridgehead atoms. The van der Waals surface area contributed by atoms with Crippen LogP contribution in [0.25, 0.3) is 0 Å². The number of hydrogen-bond donors (Lipinski definition) is 3. The third kappa shape index (κ3) is 4.86. The first kappa shape index (κ1) is 15.4. The SMILES string of the molecule is NC(CC(=O)O)C(=O)N1CCCCC1CCC(=O)O. The molecule has 2 atom stereocenters. The number of nitrogens with zero attached hydrogens (tertiary/aromatic N) is 1. The molecule has 1 aliphatic heterocycles. The third-order valence-corrected chi connectivity index (χ3v) is 3.31. The molecule has 0 spiro atoms. The summed E-state index contributed by atoms with van der Waals surface area (Å²) in [5, 5.41) is 17.3. The van der Waals surface area contributed by atoms with Gasteiger partial charge in [0.2, 0.25) is 5.91 Å². The Labute approximate surface area is 111 Å². The van der Waals surface area contributed by atoms with Crippen molar-refractivity contribution >= 4 is 17.8 Å². The molecule has 1 aliphatic rings. The number of carbonyl (C=O) groups is 3. The monoisotopic (exact) mass is 272 g/mol. The van der Waals surface area contributed by atoms with Gasteiger partial charge in [-0.05, 0) is 25.7 Å². The summed E-state index contributed by atoms with van der Waals surface area (Å²) in [5.74, 6) is -2.40. The van der Waals surface area contributed by atoms with Crippen LogP contribution in [0.15, 0.2) is 0 Å². The Hall–Kier alpha value is -1.63. The fourth-order valence-electron chi connectivity index (χ4n) is 2.37. The van der Waals surface area contributed by atoms with Crippen LogP contribution in [-0.2, 0) is 14.4 Å². The van der Waals surface area contributed by atoms with Crippen molar-refractivity contribution in [2.75, 3.05) is 6.54 Å². The second-order valence-electron chi connectivity index (χ2n) is 4.82. The Balaban J connectivity index is 2.62. The highest BCUT2D eigenvalue weighted by molar-refractivity contribution is 5.86. The lowest BCUT2D eigenvalue weighted by molar-refractivity contribution is -0.144. The quantitative estimate of drug-likeness (QED) is 0.627. The van der Waals surface area contributed by atoms with Crippen molar-refractivity contribution < 1.29 is 24.6 Å². The van der Waals surface area contributed by atoms with Gasteiger partial charge in [0.05, 0.1) is 12.5 Å². The van der Waals surface area contributed by atoms with Crippen molar-refractivity contribution in [1.29, 1.82) is 0 Å². The molecule has 4 N–H and O–H groups in total. The second-order valence-corrected chi connectivity index (χ2v) is 4.82. The lowest BCUT2D eigenvalue weighted by Gasteiger charge is -2.37. The summed E-state index contributed by atoms with van der Waals surface area (Å²) in [6.07, 6.45) is 2.53. The van der Waals surface area contributed by atoms with Gasteiger partial charge in [0, 0.05) is 19.0 Å². The minimum Gasteiger partial charge on any atom is -0.481 e. The fraction of sp³-hybridized carbons (Fsp3) is 0.750. The van der Waals surface area contributed by atoms with E-state index in [2.05, 4.69) is 0 Å². The minimum absolute atomic E-state index is 0.00259. The number of aliphatic carboxylic acids is 2. The van der Waals surface area contributed by atoms with Crippen LogP contribution in [-0.4, -0.2) is 51.6 Å². The van der Waals surface area contributed by atoms with Crippen LogP contribution < -0.4 is 5.73 Å². The maximum absolute atomic E-state index is 12.1. The van der Waals surface area contributed by atoms with E-state index in [1.165, 1.54) is 0 Å². The van der Waals surface area contributed by atoms with E-state index in [0.29, 0.717) is 13.0 Å². The lowest BCUT2D eigenvalue weighted by atomic mass is 9.96. The van der Waals surface area contributed by atoms with Gasteiger partial charge in [-0.2, -0.15) is 0 Å². The van der Waals surface area contributed by atoms with E-state index in [0.717, 1.165) is 19.3 Å². The number of amides is 1. The van der Waals surface area contributed by atoms with Crippen LogP contribution in [0.4, 0.5) is 0 Å². The Morgan fingerprint density at radius 3 is 2.47 bits per heavy atom. The molecule has 1 saturated heterocycles. The van der Waals surface area contributed by atoms with E-state index in [4.69, 9.17) is 15.9 Å². The van der Waals surface area contributed by atoms with Crippen LogP contribution in [0.2, 0.25) is 0 Å². The molecular formula is C12H20N2O5. The third-order valence-electron chi connectivity index (χ3n) is 3.31. The summed E-state index contributed by atoms with van der Waals surface area (Å²) in [6.45, 7) is 0.524. The van der Waals surface area contributed by atoms with Crippen molar-refractivity contribution in [3.8, 4) is 0 Å². The van der Waals surface area contributed by atoms with Gasteiger partial charge in [-0.3, -0.25) is 14.4 Å². The zero-order valence-corrected chi connectivity index (χ0v) is 10.7. The molecule has 1 amide bonds. The number of rotatable bonds is 6. The number of carboxylic acid groups (broad SMARTS) is 2. The van der Waals surface area contributed by atoms with Crippen LogP contribution >= 0.6 is 0 Å². The van der Waals surface area contributed by atoms with E-state index in [1.54, 1.807) is 4.90 Å². The maximum Gasteiger partial charge on any atom is 0.305 e. The first-order valence-corrected chi connectivity index (χ1v) is 6.41. The molecule has 19 heavy (non-hydrogen) atoms. The van der Waals surface area contributed by atoms with Crippen LogP contribution in [0.5, 0.6) is 0 Å². The zero-order chi connectivity index (χ0) is 14.4. The highest BCUT2D eigenvalue weighted by Crippen LogP contribution is 2.21. The molecule has 7 heteroatoms. The van der Waals surface area contributed by atoms with E-state index in [9.17, 15) is 14.4 Å². The molecule has 1 heterocycles. The number of piperidine rings is 1. The van der Waals surface area contributed by atoms with Gasteiger partial charge in [-0.1, -0.05) is 0 Å². The average molecular weight is 272 g/mol. The van der Waals surface area contributed by atoms with Gasteiger partial charge in [-0.15, -0.1) is 0 Å². The molecule has 0 radical (unpaired) electrons. The second kappa shape index (κ2) is 7.08. The van der Waals surface area contributed by atoms with Gasteiger partial charge < -0.3 is 20.8 Å². The van der Waals surface area contributed by atoms with Crippen molar-refractivity contribution in [3.05, 3.63) is 0 Å². The number of carbonyl (C=O) groups excluding carboxylic acids is 1. The Bertz CT molecular complexity index is 358. The fourth-order valence-corrected chi connectivity index (χ4v) is 2.37. The molecular weight excluding hydrogens is 252 g/mol. The summed E-state index contributed by atoms with van der Waals surface area (Å²) in [6, 6.07) is -1.19. The van der Waals surface area contributed by atoms with Crippen molar-refractivity contribution in [2.45, 2.75) is 50.6 Å². The zero-order valence-electron chi connectivity index (χ0n) is 10.7. The Kier molecular flexibility index (Phi) is 5.75. The van der Waals surface area contributed by atoms with E-state index < -0.39 is 30.3 Å². The molecule has 1 fully saturated rings. The van der Waals surface area contributed by atoms with Crippen LogP contribution in [0.1, 0.15) is 38.5 Å². The normalized spacial score (nSPS) is 20.9. The molecule has 0 saturated carbocycles. The Morgan fingerprint density at radius 2 is 1.89 bits per heavy atom. The number of hydrogen-bond acceptors (Lipinski definition) is 4. The predicted molar refractivity (Wildman–Crippen MR) is 66.5 cm³/mol. The molecule has 0 aromatic heterocycles. The summed E-state index contributed by atoms with van der Waals surface area (Å²) < 4.78 is 0. The van der Waals surface area contributed by atoms with Gasteiger partial charge in [0.1, 0.15) is 0 Å². The molecule has 0 aliphatic carbocycles. The standard InChI is InChI=1S/C12H20N2O5/c13-9(7-11(17)18)12(19)14-6-2-1-3-8(14)4-5-10(15)16/h8-9H,1-7,13H2,(H,15,16)(H,17,18). The average Bonchev–Trinajstić information content (AvgIpc) is 2.35. The van der Waals surface area contributed by atoms with Gasteiger partial charge in [0.25, 0.3) is 0 Å². The summed E-state index contributed by atoms with van der Waals surface area (Å²) in [4.78, 5) is 34.8. The van der Waals surface area contributed by atoms with Crippen LogP contribution in [0.3, 0.4) is 0 Å². The molecule has 2 unspecified atom stereocenters. The lowest BCUT2D eigenvalue weighted by Crippen LogP contribution is -2.51. The predicted octanol–water partition coefficient (Wildman–Crippen LogP) is 0.0343. The topological polar surface area (TPSA) is 121 Å². The molecule has 0 aromatic carbocycles. The maximum atomic E-state index is 12.1. The number of nitrogens with two attached hydrogens (primary N) is 1. The molecule has 0 aromatic rings. The highest BCUT2D eigenvalue weighted by atomic mass is 16.4. The number of carboxylic acids is 2. The molecule has 1 rings (SSSR count). The smallest absolute Gasteiger partial charge is 0.305 e. The molecule has 108 valence electrons.